The van der Waals surface area contributed by atoms with Crippen molar-refractivity contribution >= 4 is 5.97 Å². The number of rotatable bonds is 10. The average Bonchev–Trinajstić information content (AvgIpc) is 2.54. The van der Waals surface area contributed by atoms with E-state index in [1.807, 2.05) is 32.9 Å². The molecule has 0 amide bonds. The predicted molar refractivity (Wildman–Crippen MR) is 97.1 cm³/mol. The number of carbonyl (C=O) groups excluding carboxylic acids is 1. The highest BCUT2D eigenvalue weighted by molar-refractivity contribution is 5.94. The smallest absolute Gasteiger partial charge is 0.342 e. The molecule has 134 valence electrons. The number of unbranched alkanes of at least 4 members (excludes halogenated alkanes) is 2. The second-order valence-electron chi connectivity index (χ2n) is 5.93. The number of benzene rings is 1. The topological polar surface area (TPSA) is 44.8 Å². The summed E-state index contributed by atoms with van der Waals surface area (Å²) in [6.07, 6.45) is 6.04. The van der Waals surface area contributed by atoms with Crippen molar-refractivity contribution in [3.05, 3.63) is 34.9 Å². The van der Waals surface area contributed by atoms with Gasteiger partial charge in [0, 0.05) is 6.07 Å². The Hall–Kier alpha value is -1.97. The van der Waals surface area contributed by atoms with Gasteiger partial charge in [-0.15, -0.1) is 0 Å². The van der Waals surface area contributed by atoms with E-state index in [2.05, 4.69) is 6.92 Å². The molecule has 1 rings (SSSR count). The fraction of sp³-hybridized carbons (Fsp3) is 0.550. The molecule has 4 heteroatoms. The van der Waals surface area contributed by atoms with E-state index in [-0.39, 0.29) is 5.97 Å². The molecule has 0 unspecified atom stereocenters. The quantitative estimate of drug-likeness (QED) is 0.345. The van der Waals surface area contributed by atoms with Crippen LogP contribution >= 0.6 is 0 Å². The van der Waals surface area contributed by atoms with E-state index in [1.54, 1.807) is 13.2 Å². The van der Waals surface area contributed by atoms with Gasteiger partial charge in [-0.3, -0.25) is 0 Å². The van der Waals surface area contributed by atoms with Crippen LogP contribution in [-0.2, 0) is 11.2 Å². The van der Waals surface area contributed by atoms with Gasteiger partial charge in [-0.25, -0.2) is 4.79 Å². The summed E-state index contributed by atoms with van der Waals surface area (Å²) in [6, 6.07) is 3.67. The first-order chi connectivity index (χ1) is 11.5. The van der Waals surface area contributed by atoms with Crippen molar-refractivity contribution < 1.29 is 19.0 Å². The van der Waals surface area contributed by atoms with Crippen LogP contribution in [0.4, 0.5) is 0 Å². The maximum Gasteiger partial charge on any atom is 0.342 e. The van der Waals surface area contributed by atoms with Crippen LogP contribution in [0.1, 0.15) is 62.9 Å². The van der Waals surface area contributed by atoms with E-state index < -0.39 is 0 Å². The van der Waals surface area contributed by atoms with Gasteiger partial charge in [-0.2, -0.15) is 0 Å². The summed E-state index contributed by atoms with van der Waals surface area (Å²) in [7, 11) is 1.62. The number of hydrogen-bond donors (Lipinski definition) is 0. The second kappa shape index (κ2) is 10.7. The zero-order valence-corrected chi connectivity index (χ0v) is 15.6. The highest BCUT2D eigenvalue weighted by Crippen LogP contribution is 2.31. The molecule has 0 aromatic heterocycles. The van der Waals surface area contributed by atoms with Crippen LogP contribution in [-0.4, -0.2) is 26.3 Å². The zero-order chi connectivity index (χ0) is 17.9. The van der Waals surface area contributed by atoms with E-state index >= 15 is 0 Å². The van der Waals surface area contributed by atoms with Gasteiger partial charge in [-0.05, 0) is 51.3 Å². The van der Waals surface area contributed by atoms with Crippen molar-refractivity contribution in [1.82, 2.24) is 0 Å². The van der Waals surface area contributed by atoms with E-state index in [1.165, 1.54) is 5.57 Å². The Morgan fingerprint density at radius 3 is 2.50 bits per heavy atom. The Bertz CT molecular complexity index is 557. The second-order valence-corrected chi connectivity index (χ2v) is 5.93. The molecule has 1 aromatic carbocycles. The zero-order valence-electron chi connectivity index (χ0n) is 15.6. The molecule has 0 N–H and O–H groups in total. The summed E-state index contributed by atoms with van der Waals surface area (Å²) in [5.74, 6) is 0.886. The lowest BCUT2D eigenvalue weighted by Crippen LogP contribution is -2.12. The molecule has 0 aliphatic heterocycles. The SMILES string of the molecule is CCCCCc1cc(OC)cc(OCC=C(C)C)c1C(=O)OCC. The standard InChI is InChI=1S/C20H30O4/c1-6-8-9-10-16-13-17(22-5)14-18(24-12-11-15(3)4)19(16)20(21)23-7-2/h11,13-14H,6-10,12H2,1-5H3. The van der Waals surface area contributed by atoms with E-state index in [9.17, 15) is 4.79 Å². The Labute approximate surface area is 145 Å². The molecule has 0 aliphatic rings. The van der Waals surface area contributed by atoms with Crippen LogP contribution in [0.15, 0.2) is 23.8 Å². The van der Waals surface area contributed by atoms with Crippen LogP contribution < -0.4 is 9.47 Å². The van der Waals surface area contributed by atoms with E-state index in [4.69, 9.17) is 14.2 Å². The monoisotopic (exact) mass is 334 g/mol. The third-order valence-electron chi connectivity index (χ3n) is 3.65. The largest absolute Gasteiger partial charge is 0.497 e. The third-order valence-corrected chi connectivity index (χ3v) is 3.65. The van der Waals surface area contributed by atoms with Gasteiger partial charge in [0.15, 0.2) is 0 Å². The van der Waals surface area contributed by atoms with E-state index in [0.717, 1.165) is 31.2 Å². The maximum absolute atomic E-state index is 12.5. The van der Waals surface area contributed by atoms with Gasteiger partial charge < -0.3 is 14.2 Å². The molecule has 0 saturated heterocycles. The predicted octanol–water partition coefficient (Wildman–Crippen LogP) is 4.95. The van der Waals surface area contributed by atoms with Gasteiger partial charge in [0.2, 0.25) is 0 Å². The lowest BCUT2D eigenvalue weighted by atomic mass is 9.99. The van der Waals surface area contributed by atoms with Gasteiger partial charge in [0.05, 0.1) is 13.7 Å². The lowest BCUT2D eigenvalue weighted by molar-refractivity contribution is 0.0520. The van der Waals surface area contributed by atoms with Crippen molar-refractivity contribution in [2.24, 2.45) is 0 Å². The van der Waals surface area contributed by atoms with Gasteiger partial charge >= 0.3 is 5.97 Å². The summed E-state index contributed by atoms with van der Waals surface area (Å²) >= 11 is 0. The van der Waals surface area contributed by atoms with Crippen LogP contribution in [0, 0.1) is 0 Å². The number of esters is 1. The van der Waals surface area contributed by atoms with Gasteiger partial charge in [0.25, 0.3) is 0 Å². The molecule has 1 aromatic rings. The Balaban J connectivity index is 3.21. The van der Waals surface area contributed by atoms with Crippen molar-refractivity contribution in [1.29, 1.82) is 0 Å². The fourth-order valence-corrected chi connectivity index (χ4v) is 2.37. The van der Waals surface area contributed by atoms with Crippen LogP contribution in [0.2, 0.25) is 0 Å². The van der Waals surface area contributed by atoms with Crippen molar-refractivity contribution in [2.75, 3.05) is 20.3 Å². The van der Waals surface area contributed by atoms with Crippen LogP contribution in [0.3, 0.4) is 0 Å². The molecule has 0 radical (unpaired) electrons. The Morgan fingerprint density at radius 2 is 1.92 bits per heavy atom. The van der Waals surface area contributed by atoms with Crippen LogP contribution in [0.5, 0.6) is 11.5 Å². The van der Waals surface area contributed by atoms with E-state index in [0.29, 0.717) is 30.3 Å². The van der Waals surface area contributed by atoms with Crippen molar-refractivity contribution in [3.8, 4) is 11.5 Å². The minimum absolute atomic E-state index is 0.334. The van der Waals surface area contributed by atoms with Crippen molar-refractivity contribution in [2.45, 2.75) is 53.4 Å². The molecule has 0 aliphatic carbocycles. The molecule has 4 nitrogen and oxygen atoms in total. The summed E-state index contributed by atoms with van der Waals surface area (Å²) in [5, 5.41) is 0. The number of methoxy groups -OCH3 is 1. The highest BCUT2D eigenvalue weighted by Gasteiger charge is 2.20. The number of ether oxygens (including phenoxy) is 3. The number of allylic oxidation sites excluding steroid dienone is 1. The average molecular weight is 334 g/mol. The number of aryl methyl sites for hydroxylation is 1. The third kappa shape index (κ3) is 6.26. The first-order valence-electron chi connectivity index (χ1n) is 8.67. The molecule has 0 heterocycles. The number of carbonyl (C=O) groups is 1. The van der Waals surface area contributed by atoms with Crippen molar-refractivity contribution in [3.63, 3.8) is 0 Å². The molecular weight excluding hydrogens is 304 g/mol. The summed E-state index contributed by atoms with van der Waals surface area (Å²) in [4.78, 5) is 12.5. The summed E-state index contributed by atoms with van der Waals surface area (Å²) in [5.41, 5.74) is 2.61. The number of hydrogen-bond acceptors (Lipinski definition) is 4. The fourth-order valence-electron chi connectivity index (χ4n) is 2.37. The minimum Gasteiger partial charge on any atom is -0.497 e. The molecule has 0 atom stereocenters. The Kier molecular flexibility index (Phi) is 8.98. The summed E-state index contributed by atoms with van der Waals surface area (Å²) < 4.78 is 16.5. The minimum atomic E-state index is -0.334. The Morgan fingerprint density at radius 1 is 1.17 bits per heavy atom. The molecule has 0 spiro atoms. The highest BCUT2D eigenvalue weighted by atomic mass is 16.5. The first kappa shape index (κ1) is 20.1. The molecule has 0 bridgehead atoms. The summed E-state index contributed by atoms with van der Waals surface area (Å²) in [6.45, 7) is 8.74. The van der Waals surface area contributed by atoms with Gasteiger partial charge in [0.1, 0.15) is 23.7 Å². The lowest BCUT2D eigenvalue weighted by Gasteiger charge is -2.16. The molecular formula is C20H30O4. The molecule has 24 heavy (non-hydrogen) atoms. The molecule has 0 saturated carbocycles. The first-order valence-corrected chi connectivity index (χ1v) is 8.67. The van der Waals surface area contributed by atoms with Gasteiger partial charge in [-0.1, -0.05) is 25.3 Å². The normalized spacial score (nSPS) is 10.2. The maximum atomic E-state index is 12.5. The van der Waals surface area contributed by atoms with Crippen LogP contribution in [0.25, 0.3) is 0 Å². The molecule has 0 fully saturated rings.